The number of benzene rings is 1. The van der Waals surface area contributed by atoms with Crippen LogP contribution in [0.3, 0.4) is 0 Å². The Balaban J connectivity index is 1.88. The smallest absolute Gasteiger partial charge is 0.254 e. The minimum Gasteiger partial charge on any atom is -0.378 e. The molecule has 1 aliphatic heterocycles. The number of hydrogen-bond acceptors (Lipinski definition) is 5. The molecular formula is C11H11N3O2S. The van der Waals surface area contributed by atoms with E-state index in [4.69, 9.17) is 4.74 Å². The first kappa shape index (κ1) is 10.6. The maximum Gasteiger partial charge on any atom is 0.254 e. The first-order chi connectivity index (χ1) is 8.34. The van der Waals surface area contributed by atoms with E-state index in [0.29, 0.717) is 31.9 Å². The molecule has 1 aliphatic rings. The summed E-state index contributed by atoms with van der Waals surface area (Å²) in [7, 11) is 0. The SMILES string of the molecule is O=C(c1ccc2nsnc2c1)N1CCOCC1. The molecule has 88 valence electrons. The number of morpholine rings is 1. The van der Waals surface area contributed by atoms with Gasteiger partial charge in [-0.1, -0.05) is 0 Å². The molecular weight excluding hydrogens is 238 g/mol. The van der Waals surface area contributed by atoms with E-state index >= 15 is 0 Å². The molecule has 0 atom stereocenters. The highest BCUT2D eigenvalue weighted by molar-refractivity contribution is 7.00. The highest BCUT2D eigenvalue weighted by Crippen LogP contribution is 2.15. The van der Waals surface area contributed by atoms with Crippen LogP contribution in [0.25, 0.3) is 11.0 Å². The number of rotatable bonds is 1. The first-order valence-corrected chi connectivity index (χ1v) is 6.17. The summed E-state index contributed by atoms with van der Waals surface area (Å²) in [6.07, 6.45) is 0. The van der Waals surface area contributed by atoms with Crippen molar-refractivity contribution in [2.24, 2.45) is 0 Å². The summed E-state index contributed by atoms with van der Waals surface area (Å²) in [5.41, 5.74) is 2.30. The fraction of sp³-hybridized carbons (Fsp3) is 0.364. The van der Waals surface area contributed by atoms with E-state index < -0.39 is 0 Å². The Morgan fingerprint density at radius 3 is 2.82 bits per heavy atom. The van der Waals surface area contributed by atoms with E-state index in [1.165, 1.54) is 0 Å². The summed E-state index contributed by atoms with van der Waals surface area (Å²) in [5.74, 6) is 0.0446. The molecule has 1 saturated heterocycles. The number of amides is 1. The van der Waals surface area contributed by atoms with Crippen molar-refractivity contribution in [3.63, 3.8) is 0 Å². The van der Waals surface area contributed by atoms with Gasteiger partial charge in [-0.15, -0.1) is 0 Å². The summed E-state index contributed by atoms with van der Waals surface area (Å²) in [6, 6.07) is 5.45. The van der Waals surface area contributed by atoms with Crippen molar-refractivity contribution in [2.45, 2.75) is 0 Å². The molecule has 17 heavy (non-hydrogen) atoms. The van der Waals surface area contributed by atoms with Crippen molar-refractivity contribution in [1.29, 1.82) is 0 Å². The number of fused-ring (bicyclic) bond motifs is 1. The van der Waals surface area contributed by atoms with Gasteiger partial charge in [-0.3, -0.25) is 4.79 Å². The molecule has 1 aromatic carbocycles. The topological polar surface area (TPSA) is 55.3 Å². The number of carbonyl (C=O) groups excluding carboxylic acids is 1. The Morgan fingerprint density at radius 2 is 2.00 bits per heavy atom. The van der Waals surface area contributed by atoms with E-state index in [1.807, 2.05) is 17.0 Å². The fourth-order valence-corrected chi connectivity index (χ4v) is 2.38. The lowest BCUT2D eigenvalue weighted by Crippen LogP contribution is -2.40. The molecule has 0 aliphatic carbocycles. The van der Waals surface area contributed by atoms with Crippen LogP contribution in [0.5, 0.6) is 0 Å². The van der Waals surface area contributed by atoms with Crippen molar-refractivity contribution in [3.05, 3.63) is 23.8 Å². The van der Waals surface area contributed by atoms with E-state index in [0.717, 1.165) is 22.8 Å². The van der Waals surface area contributed by atoms with Crippen molar-refractivity contribution in [2.75, 3.05) is 26.3 Å². The van der Waals surface area contributed by atoms with Gasteiger partial charge < -0.3 is 9.64 Å². The Labute approximate surface area is 102 Å². The Morgan fingerprint density at radius 1 is 1.24 bits per heavy atom. The zero-order valence-corrected chi connectivity index (χ0v) is 9.94. The van der Waals surface area contributed by atoms with Crippen LogP contribution in [0.2, 0.25) is 0 Å². The van der Waals surface area contributed by atoms with Gasteiger partial charge >= 0.3 is 0 Å². The highest BCUT2D eigenvalue weighted by Gasteiger charge is 2.18. The molecule has 0 spiro atoms. The molecule has 1 amide bonds. The number of aromatic nitrogens is 2. The zero-order valence-electron chi connectivity index (χ0n) is 9.13. The summed E-state index contributed by atoms with van der Waals surface area (Å²) < 4.78 is 13.5. The third kappa shape index (κ3) is 2.01. The van der Waals surface area contributed by atoms with Gasteiger partial charge in [0.1, 0.15) is 11.0 Å². The van der Waals surface area contributed by atoms with Crippen molar-refractivity contribution in [3.8, 4) is 0 Å². The Bertz CT molecular complexity index is 548. The second kappa shape index (κ2) is 4.38. The van der Waals surface area contributed by atoms with Crippen LogP contribution in [0.15, 0.2) is 18.2 Å². The summed E-state index contributed by atoms with van der Waals surface area (Å²) in [4.78, 5) is 14.0. The molecule has 0 bridgehead atoms. The lowest BCUT2D eigenvalue weighted by atomic mass is 10.1. The van der Waals surface area contributed by atoms with Gasteiger partial charge in [0, 0.05) is 18.7 Å². The normalized spacial score (nSPS) is 16.4. The molecule has 6 heteroatoms. The van der Waals surface area contributed by atoms with Crippen molar-refractivity contribution < 1.29 is 9.53 Å². The summed E-state index contributed by atoms with van der Waals surface area (Å²) in [5, 5.41) is 0. The Hall–Kier alpha value is -1.53. The average Bonchev–Trinajstić information content (AvgIpc) is 2.86. The molecule has 0 saturated carbocycles. The standard InChI is InChI=1S/C11H11N3O2S/c15-11(14-3-5-16-6-4-14)8-1-2-9-10(7-8)13-17-12-9/h1-2,7H,3-6H2. The average molecular weight is 249 g/mol. The number of nitrogens with zero attached hydrogens (tertiary/aromatic N) is 3. The molecule has 2 heterocycles. The monoisotopic (exact) mass is 249 g/mol. The van der Waals surface area contributed by atoms with Crippen LogP contribution < -0.4 is 0 Å². The van der Waals surface area contributed by atoms with Crippen LogP contribution in [-0.2, 0) is 4.74 Å². The van der Waals surface area contributed by atoms with Crippen molar-refractivity contribution >= 4 is 28.7 Å². The van der Waals surface area contributed by atoms with Crippen molar-refractivity contribution in [1.82, 2.24) is 13.6 Å². The molecule has 0 radical (unpaired) electrons. The molecule has 5 nitrogen and oxygen atoms in total. The molecule has 0 N–H and O–H groups in total. The van der Waals surface area contributed by atoms with Gasteiger partial charge in [0.2, 0.25) is 0 Å². The van der Waals surface area contributed by atoms with E-state index in [9.17, 15) is 4.79 Å². The van der Waals surface area contributed by atoms with Crippen LogP contribution in [0.1, 0.15) is 10.4 Å². The lowest BCUT2D eigenvalue weighted by molar-refractivity contribution is 0.0303. The van der Waals surface area contributed by atoms with Gasteiger partial charge in [-0.2, -0.15) is 8.75 Å². The highest BCUT2D eigenvalue weighted by atomic mass is 32.1. The minimum atomic E-state index is 0.0446. The number of carbonyl (C=O) groups is 1. The largest absolute Gasteiger partial charge is 0.378 e. The van der Waals surface area contributed by atoms with Gasteiger partial charge in [0.05, 0.1) is 24.9 Å². The second-order valence-corrected chi connectivity index (χ2v) is 4.40. The predicted octanol–water partition coefficient (Wildman–Crippen LogP) is 1.16. The number of hydrogen-bond donors (Lipinski definition) is 0. The number of ether oxygens (including phenoxy) is 1. The fourth-order valence-electron chi connectivity index (χ4n) is 1.86. The quantitative estimate of drug-likeness (QED) is 0.761. The van der Waals surface area contributed by atoms with E-state index in [-0.39, 0.29) is 5.91 Å². The molecule has 0 unspecified atom stereocenters. The predicted molar refractivity (Wildman–Crippen MR) is 64.1 cm³/mol. The zero-order chi connectivity index (χ0) is 11.7. The minimum absolute atomic E-state index is 0.0446. The maximum atomic E-state index is 12.2. The Kier molecular flexibility index (Phi) is 2.74. The van der Waals surface area contributed by atoms with Gasteiger partial charge in [-0.25, -0.2) is 0 Å². The maximum absolute atomic E-state index is 12.2. The molecule has 3 rings (SSSR count). The molecule has 2 aromatic rings. The van der Waals surface area contributed by atoms with E-state index in [1.54, 1.807) is 6.07 Å². The van der Waals surface area contributed by atoms with Crippen LogP contribution in [-0.4, -0.2) is 45.9 Å². The first-order valence-electron chi connectivity index (χ1n) is 5.44. The van der Waals surface area contributed by atoms with Gasteiger partial charge in [-0.05, 0) is 18.2 Å². The van der Waals surface area contributed by atoms with Gasteiger partial charge in [0.25, 0.3) is 5.91 Å². The summed E-state index contributed by atoms with van der Waals surface area (Å²) >= 11 is 1.16. The van der Waals surface area contributed by atoms with Crippen LogP contribution in [0, 0.1) is 0 Å². The molecule has 1 aromatic heterocycles. The lowest BCUT2D eigenvalue weighted by Gasteiger charge is -2.26. The third-order valence-corrected chi connectivity index (χ3v) is 3.36. The van der Waals surface area contributed by atoms with Crippen LogP contribution >= 0.6 is 11.7 Å². The molecule has 1 fully saturated rings. The van der Waals surface area contributed by atoms with Crippen LogP contribution in [0.4, 0.5) is 0 Å². The third-order valence-electron chi connectivity index (χ3n) is 2.80. The second-order valence-electron chi connectivity index (χ2n) is 3.87. The van der Waals surface area contributed by atoms with E-state index in [2.05, 4.69) is 8.75 Å². The van der Waals surface area contributed by atoms with Gasteiger partial charge in [0.15, 0.2) is 0 Å². The summed E-state index contributed by atoms with van der Waals surface area (Å²) in [6.45, 7) is 2.55.